The van der Waals surface area contributed by atoms with Gasteiger partial charge in [-0.1, -0.05) is 6.07 Å². The zero-order valence-electron chi connectivity index (χ0n) is 18.5. The Balaban J connectivity index is 1.32. The summed E-state index contributed by atoms with van der Waals surface area (Å²) in [6.45, 7) is 4.95. The number of hydrogen-bond acceptors (Lipinski definition) is 7. The molecule has 1 unspecified atom stereocenters. The van der Waals surface area contributed by atoms with E-state index >= 15 is 0 Å². The molecular weight excluding hydrogens is 414 g/mol. The smallest absolute Gasteiger partial charge is 0.289 e. The van der Waals surface area contributed by atoms with Gasteiger partial charge in [0.15, 0.2) is 5.76 Å². The van der Waals surface area contributed by atoms with Crippen LogP contribution in [0.15, 0.2) is 41.0 Å². The first-order valence-electron chi connectivity index (χ1n) is 10.8. The average Bonchev–Trinajstić information content (AvgIpc) is 3.38. The number of hydrogen-bond donors (Lipinski definition) is 0. The van der Waals surface area contributed by atoms with Crippen LogP contribution >= 0.6 is 0 Å². The summed E-state index contributed by atoms with van der Waals surface area (Å²) >= 11 is 0. The van der Waals surface area contributed by atoms with Crippen molar-refractivity contribution >= 4 is 11.8 Å². The first kappa shape index (κ1) is 22.2. The van der Waals surface area contributed by atoms with E-state index in [9.17, 15) is 9.59 Å². The van der Waals surface area contributed by atoms with E-state index in [1.54, 1.807) is 49.5 Å². The number of furan rings is 1. The van der Waals surface area contributed by atoms with Crippen LogP contribution in [0.5, 0.6) is 11.5 Å². The van der Waals surface area contributed by atoms with Crippen LogP contribution in [0.2, 0.25) is 0 Å². The van der Waals surface area contributed by atoms with Gasteiger partial charge in [0.25, 0.3) is 11.8 Å². The molecule has 2 aliphatic heterocycles. The van der Waals surface area contributed by atoms with E-state index in [-0.39, 0.29) is 17.9 Å². The Hall–Kier alpha value is -3.04. The molecule has 1 atom stereocenters. The van der Waals surface area contributed by atoms with Crippen molar-refractivity contribution in [2.75, 3.05) is 66.6 Å². The van der Waals surface area contributed by atoms with Gasteiger partial charge in [0.05, 0.1) is 33.2 Å². The fraction of sp³-hybridized carbons (Fsp3) is 0.478. The second-order valence-electron chi connectivity index (χ2n) is 7.85. The first-order valence-corrected chi connectivity index (χ1v) is 10.8. The van der Waals surface area contributed by atoms with Crippen molar-refractivity contribution in [3.63, 3.8) is 0 Å². The van der Waals surface area contributed by atoms with Gasteiger partial charge in [0, 0.05) is 45.8 Å². The van der Waals surface area contributed by atoms with Crippen molar-refractivity contribution < 1.29 is 28.2 Å². The van der Waals surface area contributed by atoms with Crippen LogP contribution in [0, 0.1) is 0 Å². The minimum atomic E-state index is -0.107. The quantitative estimate of drug-likeness (QED) is 0.670. The molecule has 0 spiro atoms. The summed E-state index contributed by atoms with van der Waals surface area (Å²) < 4.78 is 21.9. The molecule has 0 aliphatic carbocycles. The number of methoxy groups -OCH3 is 2. The molecule has 32 heavy (non-hydrogen) atoms. The molecule has 2 saturated heterocycles. The molecular formula is C23H29N3O6. The van der Waals surface area contributed by atoms with Gasteiger partial charge in [-0.05, 0) is 24.3 Å². The lowest BCUT2D eigenvalue weighted by Crippen LogP contribution is -2.54. The van der Waals surface area contributed by atoms with Crippen LogP contribution in [0.1, 0.15) is 20.9 Å². The molecule has 1 aromatic carbocycles. The monoisotopic (exact) mass is 443 g/mol. The van der Waals surface area contributed by atoms with Gasteiger partial charge in [-0.25, -0.2) is 0 Å². The Morgan fingerprint density at radius 2 is 1.66 bits per heavy atom. The molecule has 3 heterocycles. The van der Waals surface area contributed by atoms with Crippen molar-refractivity contribution in [3.8, 4) is 11.5 Å². The SMILES string of the molecule is COc1cccc(OC)c1C(=O)N1CCN(CC2CN(C(=O)c3ccco3)CCO2)CC1. The van der Waals surface area contributed by atoms with E-state index in [1.165, 1.54) is 6.26 Å². The summed E-state index contributed by atoms with van der Waals surface area (Å²) in [6.07, 6.45) is 1.44. The molecule has 2 aromatic rings. The van der Waals surface area contributed by atoms with Crippen LogP contribution in [-0.4, -0.2) is 99.3 Å². The number of benzene rings is 1. The zero-order chi connectivity index (χ0) is 22.5. The van der Waals surface area contributed by atoms with Crippen LogP contribution in [0.4, 0.5) is 0 Å². The van der Waals surface area contributed by atoms with E-state index in [0.717, 1.165) is 13.1 Å². The summed E-state index contributed by atoms with van der Waals surface area (Å²) in [5.41, 5.74) is 0.452. The molecule has 0 N–H and O–H groups in total. The Morgan fingerprint density at radius 1 is 0.938 bits per heavy atom. The normalized spacial score (nSPS) is 19.6. The second-order valence-corrected chi connectivity index (χ2v) is 7.85. The molecule has 172 valence electrons. The minimum absolute atomic E-state index is 0.0702. The standard InChI is InChI=1S/C23H29N3O6/c1-29-18-5-3-6-19(30-2)21(18)23(28)25-10-8-24(9-11-25)15-17-16-26(12-14-31-17)22(27)20-7-4-13-32-20/h3-7,13,17H,8-12,14-16H2,1-2H3. The van der Waals surface area contributed by atoms with E-state index in [1.807, 2.05) is 4.90 Å². The van der Waals surface area contributed by atoms with Gasteiger partial charge in [-0.15, -0.1) is 0 Å². The Kier molecular flexibility index (Phi) is 6.96. The van der Waals surface area contributed by atoms with Crippen molar-refractivity contribution in [2.45, 2.75) is 6.10 Å². The maximum Gasteiger partial charge on any atom is 0.289 e. The highest BCUT2D eigenvalue weighted by molar-refractivity contribution is 5.99. The highest BCUT2D eigenvalue weighted by atomic mass is 16.5. The summed E-state index contributed by atoms with van der Waals surface area (Å²) in [6, 6.07) is 8.73. The van der Waals surface area contributed by atoms with E-state index in [2.05, 4.69) is 4.90 Å². The van der Waals surface area contributed by atoms with Crippen molar-refractivity contribution in [1.29, 1.82) is 0 Å². The third kappa shape index (κ3) is 4.73. The Bertz CT molecular complexity index is 902. The summed E-state index contributed by atoms with van der Waals surface area (Å²) in [4.78, 5) is 31.6. The summed E-state index contributed by atoms with van der Waals surface area (Å²) in [7, 11) is 3.10. The van der Waals surface area contributed by atoms with Crippen molar-refractivity contribution in [2.24, 2.45) is 0 Å². The number of carbonyl (C=O) groups is 2. The lowest BCUT2D eigenvalue weighted by atomic mass is 10.1. The molecule has 2 fully saturated rings. The number of amides is 2. The first-order chi connectivity index (χ1) is 15.6. The number of morpholine rings is 1. The molecule has 9 nitrogen and oxygen atoms in total. The predicted octanol–water partition coefficient (Wildman–Crippen LogP) is 1.60. The van der Waals surface area contributed by atoms with Gasteiger partial charge in [0.2, 0.25) is 0 Å². The maximum atomic E-state index is 13.2. The maximum absolute atomic E-state index is 13.2. The number of carbonyl (C=O) groups excluding carboxylic acids is 2. The molecule has 0 radical (unpaired) electrons. The van der Waals surface area contributed by atoms with Crippen molar-refractivity contribution in [1.82, 2.24) is 14.7 Å². The van der Waals surface area contributed by atoms with Crippen LogP contribution in [0.3, 0.4) is 0 Å². The molecule has 1 aromatic heterocycles. The predicted molar refractivity (Wildman–Crippen MR) is 116 cm³/mol. The topological polar surface area (TPSA) is 84.7 Å². The Labute approximate surface area is 187 Å². The number of piperazine rings is 1. The lowest BCUT2D eigenvalue weighted by molar-refractivity contribution is -0.0406. The molecule has 4 rings (SSSR count). The Morgan fingerprint density at radius 3 is 2.28 bits per heavy atom. The minimum Gasteiger partial charge on any atom is -0.496 e. The second kappa shape index (κ2) is 10.1. The number of ether oxygens (including phenoxy) is 3. The van der Waals surface area contributed by atoms with Gasteiger partial charge in [-0.3, -0.25) is 14.5 Å². The third-order valence-corrected chi connectivity index (χ3v) is 5.92. The summed E-state index contributed by atoms with van der Waals surface area (Å²) in [5, 5.41) is 0. The number of nitrogens with zero attached hydrogens (tertiary/aromatic N) is 3. The largest absolute Gasteiger partial charge is 0.496 e. The molecule has 2 amide bonds. The van der Waals surface area contributed by atoms with Gasteiger partial charge in [-0.2, -0.15) is 0 Å². The van der Waals surface area contributed by atoms with Crippen LogP contribution < -0.4 is 9.47 Å². The van der Waals surface area contributed by atoms with Crippen LogP contribution in [-0.2, 0) is 4.74 Å². The van der Waals surface area contributed by atoms with Crippen LogP contribution in [0.25, 0.3) is 0 Å². The highest BCUT2D eigenvalue weighted by Crippen LogP contribution is 2.30. The fourth-order valence-corrected chi connectivity index (χ4v) is 4.21. The molecule has 0 bridgehead atoms. The molecule has 0 saturated carbocycles. The van der Waals surface area contributed by atoms with E-state index in [4.69, 9.17) is 18.6 Å². The molecule has 2 aliphatic rings. The van der Waals surface area contributed by atoms with E-state index < -0.39 is 0 Å². The lowest BCUT2D eigenvalue weighted by Gasteiger charge is -2.39. The van der Waals surface area contributed by atoms with E-state index in [0.29, 0.717) is 62.2 Å². The zero-order valence-corrected chi connectivity index (χ0v) is 18.5. The van der Waals surface area contributed by atoms with Gasteiger partial charge in [0.1, 0.15) is 17.1 Å². The third-order valence-electron chi connectivity index (χ3n) is 5.92. The highest BCUT2D eigenvalue weighted by Gasteiger charge is 2.31. The average molecular weight is 444 g/mol. The van der Waals surface area contributed by atoms with Gasteiger partial charge >= 0.3 is 0 Å². The van der Waals surface area contributed by atoms with Crippen molar-refractivity contribution in [3.05, 3.63) is 47.9 Å². The molecule has 9 heteroatoms. The fourth-order valence-electron chi connectivity index (χ4n) is 4.21. The van der Waals surface area contributed by atoms with Gasteiger partial charge < -0.3 is 28.4 Å². The number of rotatable bonds is 6. The summed E-state index contributed by atoms with van der Waals surface area (Å²) in [5.74, 6) is 1.17.